The molecule has 51 heavy (non-hydrogen) atoms. The van der Waals surface area contributed by atoms with Gasteiger partial charge in [0.15, 0.2) is 11.8 Å². The second-order valence-electron chi connectivity index (χ2n) is 13.3. The molecule has 2 aliphatic heterocycles. The molecule has 0 aromatic heterocycles. The van der Waals surface area contributed by atoms with Crippen LogP contribution in [-0.2, 0) is 39.1 Å². The first kappa shape index (κ1) is 35.6. The summed E-state index contributed by atoms with van der Waals surface area (Å²) >= 11 is 0. The van der Waals surface area contributed by atoms with Gasteiger partial charge in [0.25, 0.3) is 11.8 Å². The van der Waals surface area contributed by atoms with Gasteiger partial charge in [-0.3, -0.25) is 28.9 Å². The van der Waals surface area contributed by atoms with E-state index in [4.69, 9.17) is 9.57 Å². The van der Waals surface area contributed by atoms with E-state index in [0.717, 1.165) is 19.3 Å². The smallest absolute Gasteiger partial charge is 0.357 e. The van der Waals surface area contributed by atoms with Crippen molar-refractivity contribution in [3.05, 3.63) is 107 Å². The fourth-order valence-electron chi connectivity index (χ4n) is 7.27. The number of amides is 4. The van der Waals surface area contributed by atoms with Crippen molar-refractivity contribution in [3.8, 4) is 0 Å². The van der Waals surface area contributed by atoms with Crippen LogP contribution in [0.1, 0.15) is 85.0 Å². The fourth-order valence-corrected chi connectivity index (χ4v) is 7.27. The van der Waals surface area contributed by atoms with Gasteiger partial charge in [0.1, 0.15) is 5.60 Å². The number of ether oxygens (including phenoxy) is 1. The van der Waals surface area contributed by atoms with Crippen molar-refractivity contribution in [2.45, 2.75) is 76.1 Å². The topological polar surface area (TPSA) is 151 Å². The highest BCUT2D eigenvalue weighted by molar-refractivity contribution is 6.13. The molecular weight excluding hydrogens is 652 g/mol. The molecule has 12 heteroatoms. The van der Waals surface area contributed by atoms with Crippen molar-refractivity contribution in [3.63, 3.8) is 0 Å². The van der Waals surface area contributed by atoms with Gasteiger partial charge in [-0.05, 0) is 32.3 Å². The van der Waals surface area contributed by atoms with Crippen molar-refractivity contribution in [1.82, 2.24) is 20.6 Å². The molecule has 0 radical (unpaired) electrons. The van der Waals surface area contributed by atoms with E-state index in [1.165, 1.54) is 0 Å². The Morgan fingerprint density at radius 2 is 1.37 bits per heavy atom. The van der Waals surface area contributed by atoms with E-state index >= 15 is 0 Å². The lowest BCUT2D eigenvalue weighted by molar-refractivity contribution is -0.200. The van der Waals surface area contributed by atoms with Crippen LogP contribution in [0.4, 0.5) is 0 Å². The zero-order valence-corrected chi connectivity index (χ0v) is 28.8. The summed E-state index contributed by atoms with van der Waals surface area (Å²) in [6, 6.07) is 22.4. The minimum Gasteiger partial charge on any atom is -0.358 e. The molecule has 266 valence electrons. The van der Waals surface area contributed by atoms with Crippen LogP contribution >= 0.6 is 0 Å². The summed E-state index contributed by atoms with van der Waals surface area (Å²) < 4.78 is 6.78. The van der Waals surface area contributed by atoms with Crippen molar-refractivity contribution in [2.75, 3.05) is 19.7 Å². The maximum absolute atomic E-state index is 13.7. The Labute approximate surface area is 296 Å². The Morgan fingerprint density at radius 3 is 1.98 bits per heavy atom. The molecule has 3 aliphatic rings. The van der Waals surface area contributed by atoms with Crippen molar-refractivity contribution >= 4 is 35.4 Å². The predicted octanol–water partition coefficient (Wildman–Crippen LogP) is 3.40. The van der Waals surface area contributed by atoms with Gasteiger partial charge >= 0.3 is 5.97 Å². The number of hydrogen-bond acceptors (Lipinski definition) is 9. The van der Waals surface area contributed by atoms with E-state index < -0.39 is 41.9 Å². The molecule has 0 spiro atoms. The van der Waals surface area contributed by atoms with Crippen molar-refractivity contribution in [1.29, 1.82) is 0 Å². The number of nitrogens with one attached hydrogen (secondary N) is 2. The number of fused-ring (bicyclic) bond motifs is 2. The Hall–Kier alpha value is -5.20. The third-order valence-corrected chi connectivity index (χ3v) is 9.93. The Balaban J connectivity index is 1.24. The van der Waals surface area contributed by atoms with Crippen LogP contribution < -0.4 is 10.6 Å². The largest absolute Gasteiger partial charge is 0.358 e. The molecule has 1 aliphatic carbocycles. The lowest BCUT2D eigenvalue weighted by Gasteiger charge is -2.41. The van der Waals surface area contributed by atoms with Crippen molar-refractivity contribution in [2.24, 2.45) is 0 Å². The van der Waals surface area contributed by atoms with Crippen molar-refractivity contribution < 1.29 is 38.3 Å². The van der Waals surface area contributed by atoms with Gasteiger partial charge in [-0.25, -0.2) is 4.79 Å². The highest BCUT2D eigenvalue weighted by Crippen LogP contribution is 2.47. The van der Waals surface area contributed by atoms with Gasteiger partial charge in [0.2, 0.25) is 11.8 Å². The lowest BCUT2D eigenvalue weighted by Crippen LogP contribution is -2.51. The Kier molecular flexibility index (Phi) is 10.7. The number of imide groups is 1. The van der Waals surface area contributed by atoms with Crippen LogP contribution in [0.15, 0.2) is 78.9 Å². The molecule has 3 aromatic carbocycles. The summed E-state index contributed by atoms with van der Waals surface area (Å²) in [6.07, 6.45) is 2.80. The monoisotopic (exact) mass is 694 g/mol. The van der Waals surface area contributed by atoms with Crippen LogP contribution in [0.5, 0.6) is 0 Å². The second kappa shape index (κ2) is 15.4. The standard InChI is InChI=1S/C39H42N4O8/c1-25-11-10-12-26(2)42(25)23-34(45)40-22-21-33(44)41-32(38(49)51-43-35(46)19-20-36(43)47)24-50-39(27-13-4-3-5-14-27)30-17-8-6-15-28(30)37(48)29-16-7-9-18-31(29)39/h3-9,13-18,25-26,32H,10-12,19-24H2,1-2H3,(H,40,45)(H,41,44). The molecule has 6 rings (SSSR count). The van der Waals surface area contributed by atoms with Crippen LogP contribution in [-0.4, -0.2) is 83.2 Å². The lowest BCUT2D eigenvalue weighted by atomic mass is 9.70. The first-order valence-electron chi connectivity index (χ1n) is 17.4. The maximum atomic E-state index is 13.7. The summed E-state index contributed by atoms with van der Waals surface area (Å²) in [7, 11) is 0. The van der Waals surface area contributed by atoms with Gasteiger partial charge in [0, 0.05) is 60.1 Å². The average molecular weight is 695 g/mol. The summed E-state index contributed by atoms with van der Waals surface area (Å²) in [5.74, 6) is -3.41. The van der Waals surface area contributed by atoms with Gasteiger partial charge in [0.05, 0.1) is 13.2 Å². The molecule has 0 saturated carbocycles. The van der Waals surface area contributed by atoms with E-state index in [1.807, 2.05) is 30.3 Å². The highest BCUT2D eigenvalue weighted by atomic mass is 16.7. The number of hydrogen-bond donors (Lipinski definition) is 2. The third kappa shape index (κ3) is 7.33. The number of carbonyl (C=O) groups excluding carboxylic acids is 6. The van der Waals surface area contributed by atoms with E-state index in [-0.39, 0.29) is 56.1 Å². The number of likely N-dealkylation sites (tertiary alicyclic amines) is 1. The quantitative estimate of drug-likeness (QED) is 0.272. The summed E-state index contributed by atoms with van der Waals surface area (Å²) in [5.41, 5.74) is 1.19. The SMILES string of the molecule is CC1CCCC(C)N1CC(=O)NCCC(=O)NC(COC1(c2ccccc2)c2ccccc2C(=O)c2ccccc21)C(=O)ON1C(=O)CCC1=O. The van der Waals surface area contributed by atoms with Gasteiger partial charge in [-0.1, -0.05) is 85.3 Å². The normalized spacial score (nSPS) is 20.3. The zero-order valence-electron chi connectivity index (χ0n) is 28.8. The number of ketones is 1. The number of benzene rings is 3. The van der Waals surface area contributed by atoms with Gasteiger partial charge < -0.3 is 20.2 Å². The molecular formula is C39H42N4O8. The predicted molar refractivity (Wildman–Crippen MR) is 185 cm³/mol. The van der Waals surface area contributed by atoms with Crippen LogP contribution in [0.3, 0.4) is 0 Å². The van der Waals surface area contributed by atoms with Gasteiger partial charge in [-0.2, -0.15) is 0 Å². The molecule has 12 nitrogen and oxygen atoms in total. The molecule has 4 amide bonds. The molecule has 2 saturated heterocycles. The number of hydroxylamine groups is 2. The van der Waals surface area contributed by atoms with E-state index in [2.05, 4.69) is 29.4 Å². The Morgan fingerprint density at radius 1 is 0.804 bits per heavy atom. The molecule has 2 heterocycles. The van der Waals surface area contributed by atoms with Crippen LogP contribution in [0.25, 0.3) is 0 Å². The Bertz CT molecular complexity index is 1750. The van der Waals surface area contributed by atoms with E-state index in [9.17, 15) is 28.8 Å². The van der Waals surface area contributed by atoms with E-state index in [1.54, 1.807) is 48.5 Å². The highest BCUT2D eigenvalue weighted by Gasteiger charge is 2.47. The second-order valence-corrected chi connectivity index (χ2v) is 13.3. The number of rotatable bonds is 12. The number of nitrogens with zero attached hydrogens (tertiary/aromatic N) is 2. The van der Waals surface area contributed by atoms with Gasteiger partial charge in [-0.15, -0.1) is 5.06 Å². The van der Waals surface area contributed by atoms with Crippen LogP contribution in [0.2, 0.25) is 0 Å². The fraction of sp³-hybridized carbons (Fsp3) is 0.385. The minimum absolute atomic E-state index is 0.0177. The molecule has 3 unspecified atom stereocenters. The molecule has 0 bridgehead atoms. The molecule has 3 atom stereocenters. The molecule has 2 N–H and O–H groups in total. The summed E-state index contributed by atoms with van der Waals surface area (Å²) in [6.45, 7) is 3.97. The minimum atomic E-state index is -1.48. The maximum Gasteiger partial charge on any atom is 0.357 e. The summed E-state index contributed by atoms with van der Waals surface area (Å²) in [5, 5.41) is 5.85. The number of carbonyl (C=O) groups is 6. The first-order chi connectivity index (χ1) is 24.6. The zero-order chi connectivity index (χ0) is 36.1. The first-order valence-corrected chi connectivity index (χ1v) is 17.4. The third-order valence-electron chi connectivity index (χ3n) is 9.93. The summed E-state index contributed by atoms with van der Waals surface area (Å²) in [4.78, 5) is 85.5. The molecule has 2 fully saturated rings. The number of piperidine rings is 1. The van der Waals surface area contributed by atoms with Crippen LogP contribution in [0, 0.1) is 0 Å². The van der Waals surface area contributed by atoms with E-state index in [0.29, 0.717) is 32.9 Å². The molecule has 3 aromatic rings. The average Bonchev–Trinajstić information content (AvgIpc) is 3.45.